The molecule has 25 heavy (non-hydrogen) atoms. The number of esters is 1. The summed E-state index contributed by atoms with van der Waals surface area (Å²) in [5, 5.41) is 3.42. The number of nitrogens with one attached hydrogen (secondary N) is 1. The first kappa shape index (κ1) is 17.9. The number of halogens is 1. The third kappa shape index (κ3) is 4.22. The maximum Gasteiger partial charge on any atom is 0.341 e. The predicted molar refractivity (Wildman–Crippen MR) is 98.1 cm³/mol. The quantitative estimate of drug-likeness (QED) is 0.601. The Morgan fingerprint density at radius 2 is 2.04 bits per heavy atom. The van der Waals surface area contributed by atoms with Gasteiger partial charge in [0.05, 0.1) is 17.9 Å². The van der Waals surface area contributed by atoms with Gasteiger partial charge < -0.3 is 10.1 Å². The van der Waals surface area contributed by atoms with Crippen LogP contribution in [0.4, 0.5) is 9.39 Å². The summed E-state index contributed by atoms with van der Waals surface area (Å²) in [4.78, 5) is 26.5. The van der Waals surface area contributed by atoms with E-state index >= 15 is 0 Å². The maximum atomic E-state index is 12.9. The summed E-state index contributed by atoms with van der Waals surface area (Å²) < 4.78 is 18.1. The summed E-state index contributed by atoms with van der Waals surface area (Å²) in [6.45, 7) is 2.07. The van der Waals surface area contributed by atoms with Crippen molar-refractivity contribution in [3.05, 3.63) is 46.1 Å². The molecule has 3 rings (SSSR count). The minimum absolute atomic E-state index is 0.191. The fourth-order valence-corrected chi connectivity index (χ4v) is 4.75. The number of carbonyl (C=O) groups is 2. The van der Waals surface area contributed by atoms with Crippen LogP contribution in [0.1, 0.15) is 34.1 Å². The summed E-state index contributed by atoms with van der Waals surface area (Å²) in [6.07, 6.45) is 2.81. The van der Waals surface area contributed by atoms with Crippen molar-refractivity contribution in [1.29, 1.82) is 0 Å². The number of ether oxygens (including phenoxy) is 1. The topological polar surface area (TPSA) is 55.4 Å². The average molecular weight is 379 g/mol. The van der Waals surface area contributed by atoms with Gasteiger partial charge in [-0.2, -0.15) is 0 Å². The maximum absolute atomic E-state index is 12.9. The van der Waals surface area contributed by atoms with Crippen LogP contribution in [-0.2, 0) is 22.4 Å². The molecule has 0 fully saturated rings. The van der Waals surface area contributed by atoms with E-state index in [0.717, 1.165) is 34.6 Å². The molecule has 7 heteroatoms. The predicted octanol–water partition coefficient (Wildman–Crippen LogP) is 4.28. The molecule has 1 amide bonds. The van der Waals surface area contributed by atoms with Gasteiger partial charge in [0.15, 0.2) is 0 Å². The lowest BCUT2D eigenvalue weighted by Gasteiger charge is -2.08. The molecule has 1 aromatic carbocycles. The van der Waals surface area contributed by atoms with Crippen molar-refractivity contribution in [2.75, 3.05) is 17.7 Å². The Kier molecular flexibility index (Phi) is 5.75. The number of anilines is 1. The van der Waals surface area contributed by atoms with E-state index in [1.165, 1.54) is 35.2 Å². The molecule has 4 nitrogen and oxygen atoms in total. The van der Waals surface area contributed by atoms with Gasteiger partial charge in [-0.1, -0.05) is 0 Å². The third-order valence-electron chi connectivity index (χ3n) is 3.84. The molecule has 0 aliphatic heterocycles. The molecule has 1 aromatic heterocycles. The number of thiophene rings is 1. The van der Waals surface area contributed by atoms with Gasteiger partial charge >= 0.3 is 5.97 Å². The second-order valence-electron chi connectivity index (χ2n) is 5.57. The van der Waals surface area contributed by atoms with E-state index in [2.05, 4.69) is 5.32 Å². The normalized spacial score (nSPS) is 12.7. The van der Waals surface area contributed by atoms with Crippen LogP contribution >= 0.6 is 23.1 Å². The molecule has 0 unspecified atom stereocenters. The molecule has 0 spiro atoms. The highest BCUT2D eigenvalue weighted by Crippen LogP contribution is 2.39. The van der Waals surface area contributed by atoms with Gasteiger partial charge in [0, 0.05) is 9.77 Å². The highest BCUT2D eigenvalue weighted by atomic mass is 32.2. The van der Waals surface area contributed by atoms with E-state index in [1.54, 1.807) is 19.1 Å². The first-order valence-electron chi connectivity index (χ1n) is 8.08. The summed E-state index contributed by atoms with van der Waals surface area (Å²) in [5.74, 6) is -0.680. The van der Waals surface area contributed by atoms with Gasteiger partial charge in [-0.15, -0.1) is 23.1 Å². The molecular formula is C18H18FNO3S2. The molecule has 2 aromatic rings. The van der Waals surface area contributed by atoms with Crippen molar-refractivity contribution in [2.45, 2.75) is 31.1 Å². The van der Waals surface area contributed by atoms with Gasteiger partial charge in [-0.3, -0.25) is 4.79 Å². The highest BCUT2D eigenvalue weighted by molar-refractivity contribution is 8.00. The standard InChI is InChI=1S/C18H18FNO3S2/c1-2-23-18(22)16-13-4-3-5-14(13)25-17(16)20-15(21)10-24-12-8-6-11(19)7-9-12/h6-9H,2-5,10H2,1H3,(H,20,21). The minimum atomic E-state index is -0.372. The van der Waals surface area contributed by atoms with Gasteiger partial charge in [-0.05, 0) is 56.0 Å². The molecule has 0 saturated carbocycles. The first-order chi connectivity index (χ1) is 12.1. The lowest BCUT2D eigenvalue weighted by atomic mass is 10.1. The zero-order valence-corrected chi connectivity index (χ0v) is 15.4. The Labute approximate surface area is 153 Å². The number of thioether (sulfide) groups is 1. The van der Waals surface area contributed by atoms with Crippen LogP contribution in [0.25, 0.3) is 0 Å². The SMILES string of the molecule is CCOC(=O)c1c(NC(=O)CSc2ccc(F)cc2)sc2c1CCC2. The summed E-state index contributed by atoms with van der Waals surface area (Å²) in [7, 11) is 0. The molecule has 0 atom stereocenters. The highest BCUT2D eigenvalue weighted by Gasteiger charge is 2.28. The number of aryl methyl sites for hydroxylation is 1. The lowest BCUT2D eigenvalue weighted by Crippen LogP contribution is -2.16. The number of amides is 1. The van der Waals surface area contributed by atoms with E-state index < -0.39 is 0 Å². The van der Waals surface area contributed by atoms with Crippen molar-refractivity contribution < 1.29 is 18.7 Å². The number of hydrogen-bond donors (Lipinski definition) is 1. The monoisotopic (exact) mass is 379 g/mol. The van der Waals surface area contributed by atoms with Gasteiger partial charge in [-0.25, -0.2) is 9.18 Å². The molecule has 1 N–H and O–H groups in total. The van der Waals surface area contributed by atoms with Crippen molar-refractivity contribution in [3.63, 3.8) is 0 Å². The van der Waals surface area contributed by atoms with Crippen LogP contribution in [0, 0.1) is 5.82 Å². The van der Waals surface area contributed by atoms with Crippen LogP contribution in [-0.4, -0.2) is 24.2 Å². The van der Waals surface area contributed by atoms with Crippen LogP contribution in [0.5, 0.6) is 0 Å². The molecule has 1 aliphatic carbocycles. The summed E-state index contributed by atoms with van der Waals surface area (Å²) >= 11 is 2.78. The number of carbonyl (C=O) groups excluding carboxylic acids is 2. The summed E-state index contributed by atoms with van der Waals surface area (Å²) in [5.41, 5.74) is 1.53. The zero-order valence-electron chi connectivity index (χ0n) is 13.8. The number of hydrogen-bond acceptors (Lipinski definition) is 5. The van der Waals surface area contributed by atoms with Crippen molar-refractivity contribution in [1.82, 2.24) is 0 Å². The van der Waals surface area contributed by atoms with Crippen LogP contribution in [0.2, 0.25) is 0 Å². The smallest absolute Gasteiger partial charge is 0.341 e. The molecule has 0 bridgehead atoms. The Morgan fingerprint density at radius 3 is 2.76 bits per heavy atom. The van der Waals surface area contributed by atoms with Crippen LogP contribution in [0.15, 0.2) is 29.2 Å². The number of rotatable bonds is 6. The van der Waals surface area contributed by atoms with Crippen LogP contribution < -0.4 is 5.32 Å². The second-order valence-corrected chi connectivity index (χ2v) is 7.73. The average Bonchev–Trinajstić information content (AvgIpc) is 3.15. The van der Waals surface area contributed by atoms with E-state index in [1.807, 2.05) is 0 Å². The van der Waals surface area contributed by atoms with E-state index in [4.69, 9.17) is 4.74 Å². The zero-order chi connectivity index (χ0) is 17.8. The fraction of sp³-hybridized carbons (Fsp3) is 0.333. The molecule has 132 valence electrons. The van der Waals surface area contributed by atoms with Gasteiger partial charge in [0.25, 0.3) is 0 Å². The number of fused-ring (bicyclic) bond motifs is 1. The first-order valence-corrected chi connectivity index (χ1v) is 9.88. The second kappa shape index (κ2) is 8.01. The van der Waals surface area contributed by atoms with Crippen molar-refractivity contribution in [2.24, 2.45) is 0 Å². The van der Waals surface area contributed by atoms with Crippen molar-refractivity contribution >= 4 is 40.0 Å². The van der Waals surface area contributed by atoms with Gasteiger partial charge in [0.2, 0.25) is 5.91 Å². The van der Waals surface area contributed by atoms with E-state index in [9.17, 15) is 14.0 Å². The Bertz CT molecular complexity index is 786. The molecule has 1 aliphatic rings. The van der Waals surface area contributed by atoms with E-state index in [-0.39, 0.29) is 23.4 Å². The third-order valence-corrected chi connectivity index (χ3v) is 6.06. The molecular weight excluding hydrogens is 361 g/mol. The molecule has 1 heterocycles. The van der Waals surface area contributed by atoms with Crippen LogP contribution in [0.3, 0.4) is 0 Å². The minimum Gasteiger partial charge on any atom is -0.462 e. The Balaban J connectivity index is 1.68. The largest absolute Gasteiger partial charge is 0.462 e. The Morgan fingerprint density at radius 1 is 1.28 bits per heavy atom. The molecule has 0 saturated heterocycles. The fourth-order valence-electron chi connectivity index (χ4n) is 2.75. The molecule has 0 radical (unpaired) electrons. The van der Waals surface area contributed by atoms with Gasteiger partial charge in [0.1, 0.15) is 10.8 Å². The van der Waals surface area contributed by atoms with Crippen molar-refractivity contribution in [3.8, 4) is 0 Å². The Hall–Kier alpha value is -1.86. The summed E-state index contributed by atoms with van der Waals surface area (Å²) in [6, 6.07) is 6.00. The lowest BCUT2D eigenvalue weighted by molar-refractivity contribution is -0.113. The number of benzene rings is 1. The van der Waals surface area contributed by atoms with E-state index in [0.29, 0.717) is 17.2 Å².